The molecule has 2 aromatic carbocycles. The molecule has 0 aliphatic carbocycles. The van der Waals surface area contributed by atoms with Crippen molar-refractivity contribution in [2.45, 2.75) is 33.0 Å². The molecule has 0 aliphatic rings. The SMILES string of the molecule is CCOCC(O)CN(CC(O)COCC)c1ccc(N=Nc2ccc([N+](=O)[O-])cc2Cl)c(NC(C)=O)c1. The molecule has 0 aliphatic heterocycles. The van der Waals surface area contributed by atoms with Gasteiger partial charge in [-0.3, -0.25) is 14.9 Å². The second kappa shape index (κ2) is 15.2. The van der Waals surface area contributed by atoms with Crippen LogP contribution < -0.4 is 10.2 Å². The van der Waals surface area contributed by atoms with Gasteiger partial charge in [-0.15, -0.1) is 10.2 Å². The largest absolute Gasteiger partial charge is 0.389 e. The zero-order valence-electron chi connectivity index (χ0n) is 21.0. The number of benzene rings is 2. The summed E-state index contributed by atoms with van der Waals surface area (Å²) in [7, 11) is 0. The highest BCUT2D eigenvalue weighted by molar-refractivity contribution is 6.33. The second-order valence-electron chi connectivity index (χ2n) is 8.01. The van der Waals surface area contributed by atoms with Crippen molar-refractivity contribution in [3.05, 3.63) is 51.5 Å². The number of anilines is 2. The predicted octanol–water partition coefficient (Wildman–Crippen LogP) is 4.22. The third-order valence-electron chi connectivity index (χ3n) is 4.95. The maximum Gasteiger partial charge on any atom is 0.271 e. The summed E-state index contributed by atoms with van der Waals surface area (Å²) in [6.45, 7) is 6.45. The molecular formula is C24H32ClN5O7. The highest BCUT2D eigenvalue weighted by Crippen LogP contribution is 2.34. The van der Waals surface area contributed by atoms with E-state index in [1.54, 1.807) is 23.1 Å². The minimum atomic E-state index is -0.827. The Kier molecular flexibility index (Phi) is 12.3. The van der Waals surface area contributed by atoms with Crippen LogP contribution >= 0.6 is 11.6 Å². The Balaban J connectivity index is 2.37. The van der Waals surface area contributed by atoms with Crippen LogP contribution in [0.5, 0.6) is 0 Å². The summed E-state index contributed by atoms with van der Waals surface area (Å²) < 4.78 is 10.6. The fraction of sp³-hybridized carbons (Fsp3) is 0.458. The van der Waals surface area contributed by atoms with Crippen LogP contribution in [0.4, 0.5) is 28.4 Å². The van der Waals surface area contributed by atoms with Crippen LogP contribution in [-0.2, 0) is 14.3 Å². The zero-order valence-corrected chi connectivity index (χ0v) is 21.7. The summed E-state index contributed by atoms with van der Waals surface area (Å²) >= 11 is 6.10. The number of azo groups is 1. The van der Waals surface area contributed by atoms with Crippen LogP contribution in [0.1, 0.15) is 20.8 Å². The maximum atomic E-state index is 11.9. The third-order valence-corrected chi connectivity index (χ3v) is 5.26. The van der Waals surface area contributed by atoms with Crippen molar-refractivity contribution in [1.29, 1.82) is 0 Å². The number of ether oxygens (including phenoxy) is 2. The zero-order chi connectivity index (χ0) is 27.4. The van der Waals surface area contributed by atoms with E-state index in [2.05, 4.69) is 15.5 Å². The number of carbonyl (C=O) groups is 1. The lowest BCUT2D eigenvalue weighted by Gasteiger charge is -2.30. The van der Waals surface area contributed by atoms with Gasteiger partial charge in [0, 0.05) is 51.0 Å². The monoisotopic (exact) mass is 537 g/mol. The van der Waals surface area contributed by atoms with Crippen molar-refractivity contribution in [1.82, 2.24) is 0 Å². The van der Waals surface area contributed by atoms with E-state index in [-0.39, 0.29) is 48.6 Å². The van der Waals surface area contributed by atoms with Crippen LogP contribution in [0.15, 0.2) is 46.6 Å². The van der Waals surface area contributed by atoms with Gasteiger partial charge in [0.15, 0.2) is 0 Å². The van der Waals surface area contributed by atoms with Crippen LogP contribution in [0, 0.1) is 10.1 Å². The van der Waals surface area contributed by atoms with Gasteiger partial charge in [-0.2, -0.15) is 0 Å². The number of halogens is 1. The Labute approximate surface area is 220 Å². The molecule has 2 aromatic rings. The first-order valence-corrected chi connectivity index (χ1v) is 12.1. The fourth-order valence-corrected chi connectivity index (χ4v) is 3.52. The number of nitro benzene ring substituents is 1. The van der Waals surface area contributed by atoms with E-state index >= 15 is 0 Å². The lowest BCUT2D eigenvalue weighted by molar-refractivity contribution is -0.384. The van der Waals surface area contributed by atoms with Crippen molar-refractivity contribution in [3.8, 4) is 0 Å². The molecule has 1 amide bonds. The molecule has 0 fully saturated rings. The molecule has 0 heterocycles. The van der Waals surface area contributed by atoms with Crippen molar-refractivity contribution in [3.63, 3.8) is 0 Å². The van der Waals surface area contributed by atoms with E-state index in [1.165, 1.54) is 25.1 Å². The molecule has 0 saturated heterocycles. The summed E-state index contributed by atoms with van der Waals surface area (Å²) in [6.07, 6.45) is -1.65. The number of nitrogens with one attached hydrogen (secondary N) is 1. The summed E-state index contributed by atoms with van der Waals surface area (Å²) in [5.74, 6) is -0.346. The van der Waals surface area contributed by atoms with Crippen LogP contribution in [0.2, 0.25) is 5.02 Å². The van der Waals surface area contributed by atoms with Crippen molar-refractivity contribution in [2.75, 3.05) is 49.7 Å². The number of amides is 1. The lowest BCUT2D eigenvalue weighted by atomic mass is 10.2. The van der Waals surface area contributed by atoms with Crippen LogP contribution in [-0.4, -0.2) is 72.8 Å². The topological polar surface area (TPSA) is 159 Å². The highest BCUT2D eigenvalue weighted by Gasteiger charge is 2.19. The van der Waals surface area contributed by atoms with E-state index in [4.69, 9.17) is 21.1 Å². The van der Waals surface area contributed by atoms with E-state index in [9.17, 15) is 25.1 Å². The smallest absolute Gasteiger partial charge is 0.271 e. The first-order chi connectivity index (χ1) is 17.6. The minimum Gasteiger partial charge on any atom is -0.389 e. The average Bonchev–Trinajstić information content (AvgIpc) is 2.85. The molecule has 0 saturated carbocycles. The van der Waals surface area contributed by atoms with Gasteiger partial charge in [0.1, 0.15) is 11.4 Å². The van der Waals surface area contributed by atoms with E-state index in [0.717, 1.165) is 0 Å². The minimum absolute atomic E-state index is 0.0494. The highest BCUT2D eigenvalue weighted by atomic mass is 35.5. The molecule has 2 rings (SSSR count). The van der Waals surface area contributed by atoms with Gasteiger partial charge in [-0.25, -0.2) is 0 Å². The average molecular weight is 538 g/mol. The van der Waals surface area contributed by atoms with E-state index < -0.39 is 17.1 Å². The third kappa shape index (κ3) is 10.0. The number of nitrogens with zero attached hydrogens (tertiary/aromatic N) is 4. The molecule has 37 heavy (non-hydrogen) atoms. The summed E-state index contributed by atoms with van der Waals surface area (Å²) in [4.78, 5) is 24.0. The van der Waals surface area contributed by atoms with Crippen molar-refractivity contribution >= 4 is 45.9 Å². The quantitative estimate of drug-likeness (QED) is 0.173. The second-order valence-corrected chi connectivity index (χ2v) is 8.41. The molecule has 0 bridgehead atoms. The van der Waals surface area contributed by atoms with Crippen molar-refractivity contribution < 1.29 is 29.4 Å². The molecule has 12 nitrogen and oxygen atoms in total. The number of non-ortho nitro benzene ring substituents is 1. The van der Waals surface area contributed by atoms with Gasteiger partial charge < -0.3 is 29.9 Å². The number of hydrogen-bond acceptors (Lipinski definition) is 10. The lowest BCUT2D eigenvalue weighted by Crippen LogP contribution is -2.41. The Bertz CT molecular complexity index is 1070. The normalized spacial score (nSPS) is 12.9. The Morgan fingerprint density at radius 1 is 1.05 bits per heavy atom. The Morgan fingerprint density at radius 2 is 1.62 bits per heavy atom. The van der Waals surface area contributed by atoms with E-state index in [0.29, 0.717) is 30.3 Å². The van der Waals surface area contributed by atoms with Gasteiger partial charge in [-0.1, -0.05) is 11.6 Å². The Morgan fingerprint density at radius 3 is 2.14 bits per heavy atom. The van der Waals surface area contributed by atoms with Crippen LogP contribution in [0.25, 0.3) is 0 Å². The molecule has 0 aromatic heterocycles. The molecule has 3 N–H and O–H groups in total. The number of aliphatic hydroxyl groups excluding tert-OH is 2. The molecule has 2 atom stereocenters. The number of hydrogen-bond donors (Lipinski definition) is 3. The molecule has 2 unspecified atom stereocenters. The summed E-state index contributed by atoms with van der Waals surface area (Å²) in [5.41, 5.74) is 1.27. The fourth-order valence-electron chi connectivity index (χ4n) is 3.30. The number of rotatable bonds is 15. The summed E-state index contributed by atoms with van der Waals surface area (Å²) in [5, 5.41) is 42.8. The Hall–Kier alpha value is -3.16. The summed E-state index contributed by atoms with van der Waals surface area (Å²) in [6, 6.07) is 8.77. The van der Waals surface area contributed by atoms with Crippen LogP contribution in [0.3, 0.4) is 0 Å². The molecule has 13 heteroatoms. The molecule has 0 spiro atoms. The number of nitro groups is 1. The number of carbonyl (C=O) groups excluding carboxylic acids is 1. The molecule has 0 radical (unpaired) electrons. The first-order valence-electron chi connectivity index (χ1n) is 11.7. The van der Waals surface area contributed by atoms with Gasteiger partial charge in [-0.05, 0) is 38.1 Å². The van der Waals surface area contributed by atoms with Gasteiger partial charge in [0.05, 0.1) is 41.1 Å². The molecule has 202 valence electrons. The van der Waals surface area contributed by atoms with E-state index in [1.807, 2.05) is 13.8 Å². The van der Waals surface area contributed by atoms with Gasteiger partial charge in [0.25, 0.3) is 5.69 Å². The number of aliphatic hydroxyl groups is 2. The molecular weight excluding hydrogens is 506 g/mol. The first kappa shape index (κ1) is 30.1. The van der Waals surface area contributed by atoms with Crippen molar-refractivity contribution in [2.24, 2.45) is 10.2 Å². The maximum absolute atomic E-state index is 11.9. The van der Waals surface area contributed by atoms with Gasteiger partial charge in [0.2, 0.25) is 5.91 Å². The predicted molar refractivity (Wildman–Crippen MR) is 140 cm³/mol. The standard InChI is InChI=1S/C24H32ClN5O7/c1-4-36-14-19(32)12-29(13-20(33)15-37-5-2)17-6-9-23(24(11-17)26-16(3)31)28-27-22-8-7-18(30(34)35)10-21(22)25/h6-11,19-20,32-33H,4-5,12-15H2,1-3H3,(H,26,31). The van der Waals surface area contributed by atoms with Gasteiger partial charge >= 0.3 is 0 Å².